The third-order valence-electron chi connectivity index (χ3n) is 4.73. The first kappa shape index (κ1) is 23.5. The summed E-state index contributed by atoms with van der Waals surface area (Å²) in [6.45, 7) is 5.28. The third kappa shape index (κ3) is 4.82. The SMILES string of the molecule is CCOc1ccc(C2ON(S(=O)(=O)c3ccccc3NC(C)=O)C(C(=O)O)C=C2C)cc1. The predicted molar refractivity (Wildman–Crippen MR) is 116 cm³/mol. The molecule has 32 heavy (non-hydrogen) atoms. The monoisotopic (exact) mass is 460 g/mol. The number of carboxylic acid groups (broad SMARTS) is 1. The standard InChI is InChI=1S/C22H24N2O7S/c1-4-30-17-11-9-16(10-12-17)21-14(2)13-19(22(26)27)24(31-21)32(28,29)20-8-6-5-7-18(20)23-15(3)25/h5-13,19,21H,4H2,1-3H3,(H,23,25)(H,26,27). The van der Waals surface area contributed by atoms with Crippen molar-refractivity contribution in [3.05, 3.63) is 65.7 Å². The summed E-state index contributed by atoms with van der Waals surface area (Å²) < 4.78 is 32.8. The van der Waals surface area contributed by atoms with Crippen LogP contribution in [0.2, 0.25) is 0 Å². The zero-order valence-electron chi connectivity index (χ0n) is 17.8. The van der Waals surface area contributed by atoms with E-state index in [0.29, 0.717) is 28.0 Å². The first-order valence-corrected chi connectivity index (χ1v) is 11.3. The molecule has 2 N–H and O–H groups in total. The number of benzene rings is 2. The summed E-state index contributed by atoms with van der Waals surface area (Å²) in [4.78, 5) is 28.9. The van der Waals surface area contributed by atoms with E-state index in [-0.39, 0.29) is 10.6 Å². The lowest BCUT2D eigenvalue weighted by Crippen LogP contribution is -2.47. The Morgan fingerprint density at radius 3 is 2.41 bits per heavy atom. The fraction of sp³-hybridized carbons (Fsp3) is 0.273. The van der Waals surface area contributed by atoms with Gasteiger partial charge in [-0.2, -0.15) is 0 Å². The number of carbonyl (C=O) groups excluding carboxylic acids is 1. The normalized spacial score (nSPS) is 19.2. The largest absolute Gasteiger partial charge is 0.494 e. The van der Waals surface area contributed by atoms with Crippen LogP contribution in [0.4, 0.5) is 5.69 Å². The lowest BCUT2D eigenvalue weighted by molar-refractivity contribution is -0.172. The highest BCUT2D eigenvalue weighted by molar-refractivity contribution is 7.89. The van der Waals surface area contributed by atoms with Crippen molar-refractivity contribution in [1.29, 1.82) is 0 Å². The van der Waals surface area contributed by atoms with Gasteiger partial charge in [-0.3, -0.25) is 14.4 Å². The molecule has 2 aromatic rings. The van der Waals surface area contributed by atoms with Crippen LogP contribution < -0.4 is 10.1 Å². The van der Waals surface area contributed by atoms with Crippen molar-refractivity contribution in [2.75, 3.05) is 11.9 Å². The maximum atomic E-state index is 13.5. The number of aliphatic carboxylic acids is 1. The minimum Gasteiger partial charge on any atom is -0.494 e. The lowest BCUT2D eigenvalue weighted by atomic mass is 10.00. The van der Waals surface area contributed by atoms with Crippen LogP contribution in [-0.2, 0) is 24.4 Å². The van der Waals surface area contributed by atoms with Gasteiger partial charge in [-0.25, -0.2) is 8.42 Å². The van der Waals surface area contributed by atoms with Gasteiger partial charge >= 0.3 is 5.97 Å². The van der Waals surface area contributed by atoms with Gasteiger partial charge < -0.3 is 15.2 Å². The molecule has 170 valence electrons. The predicted octanol–water partition coefficient (Wildman–Crippen LogP) is 3.12. The summed E-state index contributed by atoms with van der Waals surface area (Å²) in [6, 6.07) is 11.1. The minimum atomic E-state index is -4.47. The molecule has 0 aromatic heterocycles. The summed E-state index contributed by atoms with van der Waals surface area (Å²) in [7, 11) is -4.47. The van der Waals surface area contributed by atoms with Crippen LogP contribution in [0.15, 0.2) is 65.1 Å². The molecule has 0 bridgehead atoms. The van der Waals surface area contributed by atoms with E-state index in [1.165, 1.54) is 31.2 Å². The average Bonchev–Trinajstić information content (AvgIpc) is 2.74. The van der Waals surface area contributed by atoms with Crippen LogP contribution in [0, 0.1) is 0 Å². The second kappa shape index (κ2) is 9.51. The summed E-state index contributed by atoms with van der Waals surface area (Å²) in [5.41, 5.74) is 1.20. The Morgan fingerprint density at radius 1 is 1.16 bits per heavy atom. The average molecular weight is 461 g/mol. The molecule has 2 atom stereocenters. The number of anilines is 1. The fourth-order valence-corrected chi connectivity index (χ4v) is 4.82. The smallest absolute Gasteiger partial charge is 0.328 e. The molecular weight excluding hydrogens is 436 g/mol. The third-order valence-corrected chi connectivity index (χ3v) is 6.43. The van der Waals surface area contributed by atoms with E-state index in [2.05, 4.69) is 5.32 Å². The highest BCUT2D eigenvalue weighted by atomic mass is 32.2. The molecule has 1 heterocycles. The molecule has 2 unspecified atom stereocenters. The van der Waals surface area contributed by atoms with Gasteiger partial charge in [0.25, 0.3) is 10.0 Å². The van der Waals surface area contributed by atoms with Crippen LogP contribution >= 0.6 is 0 Å². The number of sulfonamides is 1. The van der Waals surface area contributed by atoms with E-state index in [9.17, 15) is 23.1 Å². The number of carboxylic acids is 1. The molecule has 0 spiro atoms. The number of hydrogen-bond acceptors (Lipinski definition) is 6. The Kier molecular flexibility index (Phi) is 6.97. The number of nitrogens with one attached hydrogen (secondary N) is 1. The quantitative estimate of drug-likeness (QED) is 0.609. The molecular formula is C22H24N2O7S. The van der Waals surface area contributed by atoms with Gasteiger partial charge in [-0.05, 0) is 49.2 Å². The highest BCUT2D eigenvalue weighted by Crippen LogP contribution is 2.37. The Balaban J connectivity index is 2.04. The van der Waals surface area contributed by atoms with Crippen LogP contribution in [0.25, 0.3) is 0 Å². The van der Waals surface area contributed by atoms with E-state index in [4.69, 9.17) is 9.57 Å². The summed E-state index contributed by atoms with van der Waals surface area (Å²) >= 11 is 0. The maximum Gasteiger partial charge on any atom is 0.328 e. The molecule has 0 saturated heterocycles. The fourth-order valence-electron chi connectivity index (χ4n) is 3.33. The van der Waals surface area contributed by atoms with Gasteiger partial charge in [0.15, 0.2) is 6.04 Å². The number of para-hydroxylation sites is 1. The summed E-state index contributed by atoms with van der Waals surface area (Å²) in [6.07, 6.45) is 0.509. The Labute approximate surface area is 186 Å². The van der Waals surface area contributed by atoms with Crippen molar-refractivity contribution in [3.63, 3.8) is 0 Å². The van der Waals surface area contributed by atoms with E-state index >= 15 is 0 Å². The van der Waals surface area contributed by atoms with Crippen molar-refractivity contribution in [3.8, 4) is 5.75 Å². The number of hydroxylamine groups is 1. The molecule has 9 nitrogen and oxygen atoms in total. The van der Waals surface area contributed by atoms with Gasteiger partial charge in [0.1, 0.15) is 16.7 Å². The molecule has 1 aliphatic rings. The van der Waals surface area contributed by atoms with E-state index < -0.39 is 34.0 Å². The van der Waals surface area contributed by atoms with Gasteiger partial charge in [0.2, 0.25) is 5.91 Å². The van der Waals surface area contributed by atoms with Crippen LogP contribution in [0.3, 0.4) is 0 Å². The lowest BCUT2D eigenvalue weighted by Gasteiger charge is -2.35. The molecule has 10 heteroatoms. The van der Waals surface area contributed by atoms with Crippen molar-refractivity contribution in [2.45, 2.75) is 37.8 Å². The first-order valence-electron chi connectivity index (χ1n) is 9.87. The van der Waals surface area contributed by atoms with Gasteiger partial charge in [-0.1, -0.05) is 34.8 Å². The Hall–Kier alpha value is -3.21. The van der Waals surface area contributed by atoms with Crippen LogP contribution in [-0.4, -0.2) is 42.5 Å². The molecule has 2 aromatic carbocycles. The van der Waals surface area contributed by atoms with E-state index in [1.54, 1.807) is 37.3 Å². The Bertz CT molecular complexity index is 1140. The number of rotatable bonds is 7. The van der Waals surface area contributed by atoms with Crippen molar-refractivity contribution >= 4 is 27.6 Å². The second-order valence-electron chi connectivity index (χ2n) is 7.12. The van der Waals surface area contributed by atoms with Gasteiger partial charge in [0, 0.05) is 6.92 Å². The number of amides is 1. The highest BCUT2D eigenvalue weighted by Gasteiger charge is 2.42. The molecule has 0 aliphatic carbocycles. The zero-order chi connectivity index (χ0) is 23.5. The zero-order valence-corrected chi connectivity index (χ0v) is 18.6. The second-order valence-corrected chi connectivity index (χ2v) is 8.87. The minimum absolute atomic E-state index is 0.0247. The van der Waals surface area contributed by atoms with Crippen LogP contribution in [0.5, 0.6) is 5.75 Å². The van der Waals surface area contributed by atoms with Gasteiger partial charge in [-0.15, -0.1) is 0 Å². The van der Waals surface area contributed by atoms with Crippen molar-refractivity contribution < 1.29 is 32.7 Å². The number of hydrogen-bond donors (Lipinski definition) is 2. The van der Waals surface area contributed by atoms with Crippen molar-refractivity contribution in [2.24, 2.45) is 0 Å². The number of ether oxygens (including phenoxy) is 1. The molecule has 0 saturated carbocycles. The molecule has 3 rings (SSSR count). The van der Waals surface area contributed by atoms with Crippen molar-refractivity contribution in [1.82, 2.24) is 4.47 Å². The van der Waals surface area contributed by atoms with Gasteiger partial charge in [0.05, 0.1) is 12.3 Å². The molecule has 0 radical (unpaired) electrons. The molecule has 1 aliphatic heterocycles. The maximum absolute atomic E-state index is 13.5. The topological polar surface area (TPSA) is 122 Å². The summed E-state index contributed by atoms with van der Waals surface area (Å²) in [5, 5.41) is 12.1. The summed E-state index contributed by atoms with van der Waals surface area (Å²) in [5.74, 6) is -1.22. The van der Waals surface area contributed by atoms with Crippen LogP contribution in [0.1, 0.15) is 32.4 Å². The van der Waals surface area contributed by atoms with E-state index in [0.717, 1.165) is 0 Å². The molecule has 0 fully saturated rings. The number of carbonyl (C=O) groups is 2. The Morgan fingerprint density at radius 2 is 1.81 bits per heavy atom. The van der Waals surface area contributed by atoms with E-state index in [1.807, 2.05) is 6.92 Å². The number of nitrogens with zero attached hydrogens (tertiary/aromatic N) is 1. The molecule has 1 amide bonds. The first-order chi connectivity index (χ1) is 15.1.